The number of benzene rings is 1. The van der Waals surface area contributed by atoms with Gasteiger partial charge in [0.05, 0.1) is 11.6 Å². The molecular formula is C16H16BrN3O. The maximum absolute atomic E-state index is 5.32. The summed E-state index contributed by atoms with van der Waals surface area (Å²) in [7, 11) is 3.49. The van der Waals surface area contributed by atoms with Gasteiger partial charge in [-0.05, 0) is 34.1 Å². The van der Waals surface area contributed by atoms with Crippen LogP contribution in [0.2, 0.25) is 0 Å². The number of nitrogens with zero attached hydrogens (tertiary/aromatic N) is 3. The first-order valence-corrected chi connectivity index (χ1v) is 7.10. The van der Waals surface area contributed by atoms with E-state index in [1.807, 2.05) is 31.3 Å². The van der Waals surface area contributed by atoms with Crippen molar-refractivity contribution in [3.63, 3.8) is 0 Å². The number of ether oxygens (including phenoxy) is 1. The van der Waals surface area contributed by atoms with Crippen LogP contribution in [0.5, 0.6) is 5.75 Å². The number of aromatic nitrogens is 3. The molecule has 0 saturated heterocycles. The third-order valence-electron chi connectivity index (χ3n) is 2.95. The molecule has 0 unspecified atom stereocenters. The molecule has 0 spiro atoms. The minimum atomic E-state index is 0.615. The highest BCUT2D eigenvalue weighted by Crippen LogP contribution is 2.30. The van der Waals surface area contributed by atoms with E-state index in [1.165, 1.54) is 0 Å². The molecule has 5 heteroatoms. The SMILES string of the molecule is C=C/C=C(\C=C)c1nc(-c2ccc(Br)c(OC)c2)n(C)n1. The standard InChI is InChI=1S/C16H16BrN3O/c1-5-7-11(6-2)15-18-16(20(3)19-15)12-8-9-13(17)14(10-12)21-4/h5-10H,1-2H2,3-4H3/b11-7+. The molecule has 21 heavy (non-hydrogen) atoms. The van der Waals surface area contributed by atoms with Crippen LogP contribution < -0.4 is 4.74 Å². The smallest absolute Gasteiger partial charge is 0.181 e. The molecule has 2 rings (SSSR count). The lowest BCUT2D eigenvalue weighted by Crippen LogP contribution is -1.95. The van der Waals surface area contributed by atoms with Gasteiger partial charge in [0.2, 0.25) is 0 Å². The number of aryl methyl sites for hydroxylation is 1. The lowest BCUT2D eigenvalue weighted by atomic mass is 10.2. The van der Waals surface area contributed by atoms with Crippen molar-refractivity contribution in [1.82, 2.24) is 14.8 Å². The van der Waals surface area contributed by atoms with E-state index < -0.39 is 0 Å². The fraction of sp³-hybridized carbons (Fsp3) is 0.125. The van der Waals surface area contributed by atoms with Crippen LogP contribution in [0.15, 0.2) is 54.1 Å². The lowest BCUT2D eigenvalue weighted by molar-refractivity contribution is 0.412. The average Bonchev–Trinajstić information content (AvgIpc) is 2.87. The number of hydrogen-bond donors (Lipinski definition) is 0. The lowest BCUT2D eigenvalue weighted by Gasteiger charge is -2.05. The van der Waals surface area contributed by atoms with E-state index in [0.717, 1.165) is 27.2 Å². The first-order valence-electron chi connectivity index (χ1n) is 6.31. The van der Waals surface area contributed by atoms with Crippen LogP contribution >= 0.6 is 15.9 Å². The molecule has 0 bridgehead atoms. The van der Waals surface area contributed by atoms with Crippen molar-refractivity contribution in [2.45, 2.75) is 0 Å². The molecule has 0 saturated carbocycles. The van der Waals surface area contributed by atoms with Crippen LogP contribution in [-0.2, 0) is 7.05 Å². The third-order valence-corrected chi connectivity index (χ3v) is 3.60. The van der Waals surface area contributed by atoms with Gasteiger partial charge in [0.1, 0.15) is 5.75 Å². The molecule has 0 aliphatic carbocycles. The second kappa shape index (κ2) is 6.54. The van der Waals surface area contributed by atoms with Gasteiger partial charge in [-0.1, -0.05) is 31.4 Å². The predicted octanol–water partition coefficient (Wildman–Crippen LogP) is 4.01. The van der Waals surface area contributed by atoms with Crippen molar-refractivity contribution in [1.29, 1.82) is 0 Å². The summed E-state index contributed by atoms with van der Waals surface area (Å²) in [6.45, 7) is 7.46. The number of methoxy groups -OCH3 is 1. The molecule has 2 aromatic rings. The molecule has 0 aliphatic rings. The molecule has 0 radical (unpaired) electrons. The van der Waals surface area contributed by atoms with E-state index in [1.54, 1.807) is 23.9 Å². The zero-order chi connectivity index (χ0) is 15.4. The zero-order valence-electron chi connectivity index (χ0n) is 12.0. The van der Waals surface area contributed by atoms with E-state index in [2.05, 4.69) is 39.2 Å². The van der Waals surface area contributed by atoms with E-state index in [0.29, 0.717) is 5.82 Å². The maximum Gasteiger partial charge on any atom is 0.181 e. The number of rotatable bonds is 5. The number of allylic oxidation sites excluding steroid dienone is 4. The molecule has 1 aromatic carbocycles. The van der Waals surface area contributed by atoms with Crippen LogP contribution in [0.25, 0.3) is 17.0 Å². The second-order valence-electron chi connectivity index (χ2n) is 4.29. The van der Waals surface area contributed by atoms with Crippen LogP contribution in [0.3, 0.4) is 0 Å². The Morgan fingerprint density at radius 1 is 1.38 bits per heavy atom. The highest BCUT2D eigenvalue weighted by atomic mass is 79.9. The molecule has 0 N–H and O–H groups in total. The fourth-order valence-electron chi connectivity index (χ4n) is 1.92. The summed E-state index contributed by atoms with van der Waals surface area (Å²) in [4.78, 5) is 4.57. The molecule has 4 nitrogen and oxygen atoms in total. The summed E-state index contributed by atoms with van der Waals surface area (Å²) in [5.41, 5.74) is 1.76. The Morgan fingerprint density at radius 2 is 2.14 bits per heavy atom. The largest absolute Gasteiger partial charge is 0.496 e. The Kier molecular flexibility index (Phi) is 4.75. The summed E-state index contributed by atoms with van der Waals surface area (Å²) in [5, 5.41) is 4.42. The van der Waals surface area contributed by atoms with Gasteiger partial charge in [0.25, 0.3) is 0 Å². The van der Waals surface area contributed by atoms with Gasteiger partial charge >= 0.3 is 0 Å². The summed E-state index contributed by atoms with van der Waals surface area (Å²) >= 11 is 3.44. The van der Waals surface area contributed by atoms with Gasteiger partial charge in [0, 0.05) is 18.2 Å². The Labute approximate surface area is 132 Å². The van der Waals surface area contributed by atoms with E-state index >= 15 is 0 Å². The topological polar surface area (TPSA) is 39.9 Å². The van der Waals surface area contributed by atoms with Gasteiger partial charge in [-0.15, -0.1) is 0 Å². The Bertz CT molecular complexity index is 716. The van der Waals surface area contributed by atoms with Crippen molar-refractivity contribution in [3.05, 3.63) is 59.9 Å². The first kappa shape index (κ1) is 15.3. The molecule has 0 amide bonds. The Morgan fingerprint density at radius 3 is 2.76 bits per heavy atom. The molecule has 0 atom stereocenters. The van der Waals surface area contributed by atoms with Gasteiger partial charge in [0.15, 0.2) is 11.6 Å². The number of hydrogen-bond acceptors (Lipinski definition) is 3. The third kappa shape index (κ3) is 3.13. The normalized spacial score (nSPS) is 11.3. The molecule has 1 heterocycles. The number of halogens is 1. The fourth-order valence-corrected chi connectivity index (χ4v) is 2.33. The summed E-state index contributed by atoms with van der Waals surface area (Å²) in [5.74, 6) is 2.12. The van der Waals surface area contributed by atoms with Gasteiger partial charge in [-0.3, -0.25) is 0 Å². The summed E-state index contributed by atoms with van der Waals surface area (Å²) in [6.07, 6.45) is 5.23. The van der Waals surface area contributed by atoms with E-state index in [4.69, 9.17) is 4.74 Å². The summed E-state index contributed by atoms with van der Waals surface area (Å²) < 4.78 is 7.95. The minimum absolute atomic E-state index is 0.615. The molecule has 0 aliphatic heterocycles. The summed E-state index contributed by atoms with van der Waals surface area (Å²) in [6, 6.07) is 5.81. The highest BCUT2D eigenvalue weighted by Gasteiger charge is 2.13. The molecular weight excluding hydrogens is 330 g/mol. The van der Waals surface area contributed by atoms with Crippen molar-refractivity contribution >= 4 is 21.5 Å². The predicted molar refractivity (Wildman–Crippen MR) is 89.1 cm³/mol. The average molecular weight is 346 g/mol. The quantitative estimate of drug-likeness (QED) is 0.768. The molecule has 1 aromatic heterocycles. The zero-order valence-corrected chi connectivity index (χ0v) is 13.6. The first-order chi connectivity index (χ1) is 10.1. The highest BCUT2D eigenvalue weighted by molar-refractivity contribution is 9.10. The monoisotopic (exact) mass is 345 g/mol. The Hall–Kier alpha value is -2.14. The van der Waals surface area contributed by atoms with Crippen LogP contribution in [0, 0.1) is 0 Å². The van der Waals surface area contributed by atoms with Crippen LogP contribution in [0.4, 0.5) is 0 Å². The Balaban J connectivity index is 2.51. The van der Waals surface area contributed by atoms with Crippen LogP contribution in [-0.4, -0.2) is 21.9 Å². The van der Waals surface area contributed by atoms with Gasteiger partial charge in [-0.25, -0.2) is 9.67 Å². The van der Waals surface area contributed by atoms with Crippen LogP contribution in [0.1, 0.15) is 5.82 Å². The second-order valence-corrected chi connectivity index (χ2v) is 5.15. The van der Waals surface area contributed by atoms with Crippen molar-refractivity contribution in [2.75, 3.05) is 7.11 Å². The van der Waals surface area contributed by atoms with Gasteiger partial charge in [-0.2, -0.15) is 5.10 Å². The minimum Gasteiger partial charge on any atom is -0.496 e. The molecule has 108 valence electrons. The van der Waals surface area contributed by atoms with E-state index in [9.17, 15) is 0 Å². The van der Waals surface area contributed by atoms with E-state index in [-0.39, 0.29) is 0 Å². The molecule has 0 fully saturated rings. The van der Waals surface area contributed by atoms with Gasteiger partial charge < -0.3 is 4.74 Å². The van der Waals surface area contributed by atoms with Crippen molar-refractivity contribution in [3.8, 4) is 17.1 Å². The maximum atomic E-state index is 5.32. The van der Waals surface area contributed by atoms with Crippen molar-refractivity contribution in [2.24, 2.45) is 7.05 Å². The van der Waals surface area contributed by atoms with Crippen molar-refractivity contribution < 1.29 is 4.74 Å².